The third kappa shape index (κ3) is 5.38. The van der Waals surface area contributed by atoms with Crippen LogP contribution in [0.2, 0.25) is 0 Å². The van der Waals surface area contributed by atoms with Gasteiger partial charge in [-0.15, -0.1) is 11.3 Å². The second-order valence-corrected chi connectivity index (χ2v) is 9.51. The third-order valence-corrected chi connectivity index (χ3v) is 7.17. The van der Waals surface area contributed by atoms with Gasteiger partial charge in [0, 0.05) is 55.0 Å². The second-order valence-electron chi connectivity index (χ2n) is 8.68. The minimum absolute atomic E-state index is 0.209. The Kier molecular flexibility index (Phi) is 6.99. The highest BCUT2D eigenvalue weighted by molar-refractivity contribution is 7.15. The minimum atomic E-state index is -4.45. The third-order valence-electron chi connectivity index (χ3n) is 6.28. The van der Waals surface area contributed by atoms with E-state index in [1.807, 2.05) is 28.1 Å². The summed E-state index contributed by atoms with van der Waals surface area (Å²) in [6, 6.07) is 18.7. The molecule has 0 aliphatic carbocycles. The highest BCUT2D eigenvalue weighted by Gasteiger charge is 2.30. The molecule has 1 amide bonds. The van der Waals surface area contributed by atoms with Crippen molar-refractivity contribution in [1.82, 2.24) is 14.3 Å². The van der Waals surface area contributed by atoms with Gasteiger partial charge >= 0.3 is 6.18 Å². The Morgan fingerprint density at radius 1 is 1.03 bits per heavy atom. The Morgan fingerprint density at radius 3 is 2.51 bits per heavy atom. The summed E-state index contributed by atoms with van der Waals surface area (Å²) < 4.78 is 45.9. The van der Waals surface area contributed by atoms with Gasteiger partial charge in [-0.2, -0.15) is 13.2 Å². The quantitative estimate of drug-likeness (QED) is 0.231. The number of rotatable bonds is 8. The fraction of sp³-hybridized carbons (Fsp3) is 0.214. The first-order valence-electron chi connectivity index (χ1n) is 11.7. The van der Waals surface area contributed by atoms with Gasteiger partial charge < -0.3 is 9.64 Å². The van der Waals surface area contributed by atoms with Crippen molar-refractivity contribution in [2.75, 3.05) is 26.8 Å². The molecule has 0 aliphatic heterocycles. The maximum atomic E-state index is 13.1. The van der Waals surface area contributed by atoms with E-state index in [2.05, 4.69) is 30.3 Å². The van der Waals surface area contributed by atoms with E-state index in [1.54, 1.807) is 12.0 Å². The van der Waals surface area contributed by atoms with Gasteiger partial charge in [0.2, 0.25) is 0 Å². The van der Waals surface area contributed by atoms with Crippen LogP contribution in [0.5, 0.6) is 0 Å². The van der Waals surface area contributed by atoms with E-state index in [1.165, 1.54) is 28.9 Å². The van der Waals surface area contributed by atoms with E-state index in [-0.39, 0.29) is 11.5 Å². The number of amides is 1. The van der Waals surface area contributed by atoms with Gasteiger partial charge in [-0.05, 0) is 41.1 Å². The molecule has 0 N–H and O–H groups in total. The predicted octanol–water partition coefficient (Wildman–Crippen LogP) is 6.57. The van der Waals surface area contributed by atoms with Crippen molar-refractivity contribution in [2.24, 2.45) is 0 Å². The summed E-state index contributed by atoms with van der Waals surface area (Å²) in [6.07, 6.45) is -1.88. The van der Waals surface area contributed by atoms with Gasteiger partial charge in [0.15, 0.2) is 4.96 Å². The molecule has 37 heavy (non-hydrogen) atoms. The average molecular weight is 524 g/mol. The topological polar surface area (TPSA) is 46.8 Å². The molecule has 190 valence electrons. The number of thiazole rings is 1. The number of halogens is 3. The zero-order chi connectivity index (χ0) is 26.0. The zero-order valence-electron chi connectivity index (χ0n) is 20.0. The van der Waals surface area contributed by atoms with E-state index in [0.29, 0.717) is 26.1 Å². The SMILES string of the molecule is COCCN(CCc1csc2nc(-c3ccc4ccccc4c3)cn12)C(=O)c1ccc(C(F)(F)F)cc1. The van der Waals surface area contributed by atoms with Crippen molar-refractivity contribution in [3.05, 3.63) is 95.1 Å². The lowest BCUT2D eigenvalue weighted by Crippen LogP contribution is -2.35. The van der Waals surface area contributed by atoms with E-state index >= 15 is 0 Å². The van der Waals surface area contributed by atoms with Crippen molar-refractivity contribution >= 4 is 33.0 Å². The molecule has 0 fully saturated rings. The molecule has 0 atom stereocenters. The highest BCUT2D eigenvalue weighted by Crippen LogP contribution is 2.30. The van der Waals surface area contributed by atoms with Gasteiger partial charge in [-0.25, -0.2) is 4.98 Å². The first kappa shape index (κ1) is 25.0. The Balaban J connectivity index is 1.34. The molecular formula is C28H24F3N3O2S. The average Bonchev–Trinajstić information content (AvgIpc) is 3.49. The largest absolute Gasteiger partial charge is 0.416 e. The molecule has 2 heterocycles. The Hall–Kier alpha value is -3.69. The standard InChI is InChI=1S/C28H24F3N3O2S/c1-36-15-14-33(26(35)20-8-10-23(11-9-20)28(29,30)31)13-12-24-18-37-27-32-25(17-34(24)27)22-7-6-19-4-2-3-5-21(19)16-22/h2-11,16-18H,12-15H2,1H3. The fourth-order valence-corrected chi connectivity index (χ4v) is 5.15. The Labute approximate surface area is 215 Å². The highest BCUT2D eigenvalue weighted by atomic mass is 32.1. The van der Waals surface area contributed by atoms with Crippen molar-refractivity contribution in [1.29, 1.82) is 0 Å². The van der Waals surface area contributed by atoms with Gasteiger partial charge in [0.25, 0.3) is 5.91 Å². The van der Waals surface area contributed by atoms with Crippen LogP contribution in [0.4, 0.5) is 13.2 Å². The van der Waals surface area contributed by atoms with Crippen molar-refractivity contribution in [3.8, 4) is 11.3 Å². The number of hydrogen-bond donors (Lipinski definition) is 0. The van der Waals surface area contributed by atoms with Crippen LogP contribution in [0.1, 0.15) is 21.6 Å². The molecule has 0 unspecified atom stereocenters. The fourth-order valence-electron chi connectivity index (χ4n) is 4.25. The van der Waals surface area contributed by atoms with Crippen LogP contribution in [0.25, 0.3) is 27.0 Å². The molecule has 2 aromatic heterocycles. The molecule has 3 aromatic carbocycles. The summed E-state index contributed by atoms with van der Waals surface area (Å²) in [5, 5.41) is 4.33. The maximum Gasteiger partial charge on any atom is 0.416 e. The van der Waals surface area contributed by atoms with Crippen LogP contribution in [-0.2, 0) is 17.3 Å². The second kappa shape index (κ2) is 10.4. The van der Waals surface area contributed by atoms with Crippen molar-refractivity contribution in [2.45, 2.75) is 12.6 Å². The Morgan fingerprint density at radius 2 is 1.78 bits per heavy atom. The number of hydrogen-bond acceptors (Lipinski definition) is 4. The summed E-state index contributed by atoms with van der Waals surface area (Å²) in [7, 11) is 1.54. The summed E-state index contributed by atoms with van der Waals surface area (Å²) >= 11 is 1.53. The van der Waals surface area contributed by atoms with Crippen LogP contribution in [0.3, 0.4) is 0 Å². The van der Waals surface area contributed by atoms with Crippen LogP contribution < -0.4 is 0 Å². The molecule has 9 heteroatoms. The van der Waals surface area contributed by atoms with E-state index in [0.717, 1.165) is 39.4 Å². The molecule has 0 saturated heterocycles. The summed E-state index contributed by atoms with van der Waals surface area (Å²) in [5.74, 6) is -0.334. The first-order valence-corrected chi connectivity index (χ1v) is 12.6. The summed E-state index contributed by atoms with van der Waals surface area (Å²) in [4.78, 5) is 20.4. The number of fused-ring (bicyclic) bond motifs is 2. The van der Waals surface area contributed by atoms with E-state index < -0.39 is 11.7 Å². The number of methoxy groups -OCH3 is 1. The Bertz CT molecular complexity index is 1540. The predicted molar refractivity (Wildman–Crippen MR) is 139 cm³/mol. The van der Waals surface area contributed by atoms with Crippen LogP contribution in [0, 0.1) is 0 Å². The number of aromatic nitrogens is 2. The number of benzene rings is 3. The number of alkyl halides is 3. The van der Waals surface area contributed by atoms with Gasteiger partial charge in [-0.3, -0.25) is 9.20 Å². The normalized spacial score (nSPS) is 11.9. The van der Waals surface area contributed by atoms with Crippen LogP contribution in [-0.4, -0.2) is 47.0 Å². The molecule has 5 nitrogen and oxygen atoms in total. The molecule has 0 saturated carbocycles. The monoisotopic (exact) mass is 523 g/mol. The summed E-state index contributed by atoms with van der Waals surface area (Å²) in [5.41, 5.74) is 2.33. The first-order chi connectivity index (χ1) is 17.8. The van der Waals surface area contributed by atoms with E-state index in [4.69, 9.17) is 9.72 Å². The molecule has 5 rings (SSSR count). The number of ether oxygens (including phenoxy) is 1. The van der Waals surface area contributed by atoms with Gasteiger partial charge in [0.1, 0.15) is 0 Å². The van der Waals surface area contributed by atoms with Gasteiger partial charge in [-0.1, -0.05) is 36.4 Å². The maximum absolute atomic E-state index is 13.1. The van der Waals surface area contributed by atoms with Gasteiger partial charge in [0.05, 0.1) is 17.9 Å². The van der Waals surface area contributed by atoms with Crippen LogP contribution >= 0.6 is 11.3 Å². The van der Waals surface area contributed by atoms with Crippen LogP contribution in [0.15, 0.2) is 78.3 Å². The van der Waals surface area contributed by atoms with E-state index in [9.17, 15) is 18.0 Å². The lowest BCUT2D eigenvalue weighted by atomic mass is 10.1. The number of carbonyl (C=O) groups is 1. The molecule has 0 spiro atoms. The van der Waals surface area contributed by atoms with Crippen molar-refractivity contribution < 1.29 is 22.7 Å². The lowest BCUT2D eigenvalue weighted by molar-refractivity contribution is -0.137. The minimum Gasteiger partial charge on any atom is -0.383 e. The number of imidazole rings is 1. The van der Waals surface area contributed by atoms with Crippen molar-refractivity contribution in [3.63, 3.8) is 0 Å². The summed E-state index contributed by atoms with van der Waals surface area (Å²) in [6.45, 7) is 1.04. The molecule has 0 bridgehead atoms. The number of nitrogens with zero attached hydrogens (tertiary/aromatic N) is 3. The molecular weight excluding hydrogens is 499 g/mol. The molecule has 0 radical (unpaired) electrons. The molecule has 5 aromatic rings. The lowest BCUT2D eigenvalue weighted by Gasteiger charge is -2.22. The number of carbonyl (C=O) groups excluding carboxylic acids is 1. The zero-order valence-corrected chi connectivity index (χ0v) is 20.9. The smallest absolute Gasteiger partial charge is 0.383 e. The molecule has 0 aliphatic rings.